The third-order valence-corrected chi connectivity index (χ3v) is 5.04. The molecule has 0 unspecified atom stereocenters. The lowest BCUT2D eigenvalue weighted by atomic mass is 9.96. The van der Waals surface area contributed by atoms with E-state index in [-0.39, 0.29) is 37.2 Å². The highest BCUT2D eigenvalue weighted by molar-refractivity contribution is 6.03. The van der Waals surface area contributed by atoms with Gasteiger partial charge in [-0.1, -0.05) is 12.1 Å². The highest BCUT2D eigenvalue weighted by Crippen LogP contribution is 2.33. The van der Waals surface area contributed by atoms with Gasteiger partial charge in [-0.2, -0.15) is 0 Å². The summed E-state index contributed by atoms with van der Waals surface area (Å²) in [6.07, 6.45) is 5.61. The number of rotatable bonds is 5. The van der Waals surface area contributed by atoms with Crippen molar-refractivity contribution < 1.29 is 14.4 Å². The summed E-state index contributed by atoms with van der Waals surface area (Å²) in [5, 5.41) is 7.08. The first-order valence-electron chi connectivity index (χ1n) is 9.77. The van der Waals surface area contributed by atoms with Crippen molar-refractivity contribution in [2.45, 2.75) is 26.3 Å². The molecule has 1 saturated heterocycles. The minimum atomic E-state index is -0.334. The molecule has 0 atom stereocenters. The largest absolute Gasteiger partial charge is 0.338 e. The number of hydrogen-bond donors (Lipinski definition) is 2. The van der Waals surface area contributed by atoms with E-state index < -0.39 is 0 Å². The van der Waals surface area contributed by atoms with Gasteiger partial charge >= 0.3 is 6.03 Å². The van der Waals surface area contributed by atoms with Crippen molar-refractivity contribution in [3.8, 4) is 11.1 Å². The summed E-state index contributed by atoms with van der Waals surface area (Å²) in [7, 11) is 0. The number of pyridine rings is 2. The Hall–Kier alpha value is -3.81. The van der Waals surface area contributed by atoms with E-state index in [9.17, 15) is 14.4 Å². The minimum absolute atomic E-state index is 0.158. The molecule has 3 aromatic rings. The van der Waals surface area contributed by atoms with Gasteiger partial charge in [0.15, 0.2) is 0 Å². The van der Waals surface area contributed by atoms with Gasteiger partial charge < -0.3 is 5.32 Å². The third-order valence-electron chi connectivity index (χ3n) is 5.04. The molecule has 0 spiro atoms. The smallest absolute Gasteiger partial charge is 0.320 e. The van der Waals surface area contributed by atoms with E-state index in [1.165, 1.54) is 4.90 Å². The van der Waals surface area contributed by atoms with Crippen LogP contribution in [0.5, 0.6) is 0 Å². The SMILES string of the molecule is CCNC(=O)Nc1cc2c(-c3ccncc3)ccc(CN3C(=O)CCC3=O)c2cn1. The van der Waals surface area contributed by atoms with Crippen LogP contribution in [-0.4, -0.2) is 39.3 Å². The molecular weight excluding hydrogens is 382 g/mol. The monoisotopic (exact) mass is 403 g/mol. The molecule has 0 aliphatic carbocycles. The lowest BCUT2D eigenvalue weighted by Gasteiger charge is -2.17. The molecule has 8 heteroatoms. The topological polar surface area (TPSA) is 104 Å². The van der Waals surface area contributed by atoms with Gasteiger partial charge in [-0.3, -0.25) is 24.8 Å². The number of nitrogens with zero attached hydrogens (tertiary/aromatic N) is 3. The van der Waals surface area contributed by atoms with Crippen LogP contribution in [0.3, 0.4) is 0 Å². The molecule has 2 N–H and O–H groups in total. The van der Waals surface area contributed by atoms with Crippen molar-refractivity contribution in [2.24, 2.45) is 0 Å². The number of carbonyl (C=O) groups is 3. The maximum atomic E-state index is 12.1. The number of amides is 4. The van der Waals surface area contributed by atoms with E-state index in [0.29, 0.717) is 12.4 Å². The van der Waals surface area contributed by atoms with Crippen molar-refractivity contribution in [1.82, 2.24) is 20.2 Å². The van der Waals surface area contributed by atoms with Crippen LogP contribution in [0, 0.1) is 0 Å². The molecule has 8 nitrogen and oxygen atoms in total. The number of nitrogens with one attached hydrogen (secondary N) is 2. The number of hydrogen-bond acceptors (Lipinski definition) is 5. The lowest BCUT2D eigenvalue weighted by molar-refractivity contribution is -0.139. The Balaban J connectivity index is 1.80. The first-order chi connectivity index (χ1) is 14.6. The summed E-state index contributed by atoms with van der Waals surface area (Å²) in [6.45, 7) is 2.54. The Morgan fingerprint density at radius 2 is 1.80 bits per heavy atom. The molecule has 0 bridgehead atoms. The number of fused-ring (bicyclic) bond motifs is 1. The number of urea groups is 1. The van der Waals surface area contributed by atoms with E-state index in [1.54, 1.807) is 24.7 Å². The van der Waals surface area contributed by atoms with E-state index in [2.05, 4.69) is 20.6 Å². The second-order valence-electron chi connectivity index (χ2n) is 6.98. The lowest BCUT2D eigenvalue weighted by Crippen LogP contribution is -2.29. The predicted molar refractivity (Wildman–Crippen MR) is 112 cm³/mol. The molecule has 4 rings (SSSR count). The van der Waals surface area contributed by atoms with Crippen LogP contribution in [-0.2, 0) is 16.1 Å². The number of anilines is 1. The first-order valence-corrected chi connectivity index (χ1v) is 9.77. The summed E-state index contributed by atoms with van der Waals surface area (Å²) in [5.41, 5.74) is 2.73. The van der Waals surface area contributed by atoms with E-state index in [1.807, 2.05) is 31.2 Å². The average Bonchev–Trinajstić information content (AvgIpc) is 3.06. The second kappa shape index (κ2) is 8.28. The molecule has 0 radical (unpaired) electrons. The van der Waals surface area contributed by atoms with Crippen LogP contribution in [0.15, 0.2) is 48.9 Å². The second-order valence-corrected chi connectivity index (χ2v) is 6.98. The third kappa shape index (κ3) is 3.84. The maximum absolute atomic E-state index is 12.1. The number of aromatic nitrogens is 2. The van der Waals surface area contributed by atoms with Crippen LogP contribution >= 0.6 is 0 Å². The Morgan fingerprint density at radius 3 is 2.50 bits per heavy atom. The predicted octanol–water partition coefficient (Wildman–Crippen LogP) is 3.09. The Bertz CT molecular complexity index is 1110. The summed E-state index contributed by atoms with van der Waals surface area (Å²) in [5.74, 6) is 0.0944. The van der Waals surface area contributed by atoms with Gasteiger partial charge in [0.05, 0.1) is 6.54 Å². The van der Waals surface area contributed by atoms with Crippen LogP contribution in [0.4, 0.5) is 10.6 Å². The van der Waals surface area contributed by atoms with E-state index in [0.717, 1.165) is 27.5 Å². The van der Waals surface area contributed by atoms with Crippen molar-refractivity contribution in [3.05, 3.63) is 54.5 Å². The minimum Gasteiger partial charge on any atom is -0.338 e. The quantitative estimate of drug-likeness (QED) is 0.637. The standard InChI is InChI=1S/C22H21N5O3/c1-2-24-22(30)26-19-11-17-16(14-7-9-23-10-8-14)4-3-15(18(17)12-25-19)13-27-20(28)5-6-21(27)29/h3-4,7-12H,2,5-6,13H2,1H3,(H2,24,25,26,30). The number of imide groups is 1. The number of benzene rings is 1. The molecule has 1 aliphatic heterocycles. The van der Waals surface area contributed by atoms with Gasteiger partial charge in [0.25, 0.3) is 0 Å². The Labute approximate surface area is 173 Å². The molecule has 152 valence electrons. The van der Waals surface area contributed by atoms with Crippen LogP contribution < -0.4 is 10.6 Å². The fraction of sp³-hybridized carbons (Fsp3) is 0.227. The summed E-state index contributed by atoms with van der Waals surface area (Å²) in [4.78, 5) is 45.8. The molecule has 4 amide bonds. The zero-order valence-electron chi connectivity index (χ0n) is 16.5. The molecule has 0 saturated carbocycles. The number of likely N-dealkylation sites (tertiary alicyclic amines) is 1. The van der Waals surface area contributed by atoms with Gasteiger partial charge in [0, 0.05) is 43.4 Å². The van der Waals surface area contributed by atoms with Gasteiger partial charge in [0.1, 0.15) is 5.82 Å². The van der Waals surface area contributed by atoms with E-state index in [4.69, 9.17) is 0 Å². The van der Waals surface area contributed by atoms with E-state index >= 15 is 0 Å². The summed E-state index contributed by atoms with van der Waals surface area (Å²) >= 11 is 0. The van der Waals surface area contributed by atoms with Crippen LogP contribution in [0.2, 0.25) is 0 Å². The zero-order chi connectivity index (χ0) is 21.1. The molecule has 1 fully saturated rings. The van der Waals surface area contributed by atoms with Gasteiger partial charge in [-0.25, -0.2) is 9.78 Å². The Morgan fingerprint density at radius 1 is 1.07 bits per heavy atom. The highest BCUT2D eigenvalue weighted by atomic mass is 16.2. The molecule has 1 aromatic carbocycles. The first kappa shape index (κ1) is 19.5. The summed E-state index contributed by atoms with van der Waals surface area (Å²) < 4.78 is 0. The van der Waals surface area contributed by atoms with Crippen LogP contribution in [0.25, 0.3) is 21.9 Å². The zero-order valence-corrected chi connectivity index (χ0v) is 16.5. The van der Waals surface area contributed by atoms with Gasteiger partial charge in [0.2, 0.25) is 11.8 Å². The maximum Gasteiger partial charge on any atom is 0.320 e. The molecule has 3 heterocycles. The summed E-state index contributed by atoms with van der Waals surface area (Å²) in [6, 6.07) is 9.14. The van der Waals surface area contributed by atoms with Crippen molar-refractivity contribution in [3.63, 3.8) is 0 Å². The average molecular weight is 403 g/mol. The normalized spacial score (nSPS) is 13.7. The van der Waals surface area contributed by atoms with Crippen LogP contribution in [0.1, 0.15) is 25.3 Å². The fourth-order valence-corrected chi connectivity index (χ4v) is 3.58. The molecular formula is C22H21N5O3. The molecule has 1 aliphatic rings. The van der Waals surface area contributed by atoms with Crippen molar-refractivity contribution >= 4 is 34.4 Å². The Kier molecular flexibility index (Phi) is 5.38. The fourth-order valence-electron chi connectivity index (χ4n) is 3.58. The molecule has 30 heavy (non-hydrogen) atoms. The van der Waals surface area contributed by atoms with Crippen molar-refractivity contribution in [2.75, 3.05) is 11.9 Å². The van der Waals surface area contributed by atoms with Crippen molar-refractivity contribution in [1.29, 1.82) is 0 Å². The number of carbonyl (C=O) groups excluding carboxylic acids is 3. The molecule has 2 aromatic heterocycles. The van der Waals surface area contributed by atoms with Gasteiger partial charge in [-0.15, -0.1) is 0 Å². The highest BCUT2D eigenvalue weighted by Gasteiger charge is 2.29. The van der Waals surface area contributed by atoms with Gasteiger partial charge in [-0.05, 0) is 47.2 Å².